The van der Waals surface area contributed by atoms with Crippen LogP contribution in [-0.2, 0) is 27.2 Å². The van der Waals surface area contributed by atoms with E-state index in [1.54, 1.807) is 13.8 Å². The molecule has 22 heavy (non-hydrogen) atoms. The summed E-state index contributed by atoms with van der Waals surface area (Å²) >= 11 is -2.23. The summed E-state index contributed by atoms with van der Waals surface area (Å²) < 4.78 is 40.5. The maximum absolute atomic E-state index is 13.0. The van der Waals surface area contributed by atoms with Crippen LogP contribution < -0.4 is 0 Å². The van der Waals surface area contributed by atoms with Gasteiger partial charge in [-0.05, 0) is 0 Å². The second kappa shape index (κ2) is 11.2. The monoisotopic (exact) mass is 418 g/mol. The molecule has 0 atom stereocenters. The van der Waals surface area contributed by atoms with Gasteiger partial charge in [0.25, 0.3) is 0 Å². The maximum atomic E-state index is 13.0. The average molecular weight is 417 g/mol. The van der Waals surface area contributed by atoms with Crippen LogP contribution >= 0.6 is 16.2 Å². The third kappa shape index (κ3) is 9.02. The molecule has 0 unspecified atom stereocenters. The first-order valence-electron chi connectivity index (χ1n) is 7.58. The molecule has 132 valence electrons. The molecule has 0 saturated carbocycles. The summed E-state index contributed by atoms with van der Waals surface area (Å²) in [6.07, 6.45) is 0. The first-order valence-corrected chi connectivity index (χ1v) is 17.7. The minimum atomic E-state index is -3.49. The van der Waals surface area contributed by atoms with Crippen LogP contribution in [0.2, 0.25) is 17.3 Å². The van der Waals surface area contributed by atoms with E-state index in [2.05, 4.69) is 17.3 Å². The van der Waals surface area contributed by atoms with Crippen molar-refractivity contribution in [2.24, 2.45) is 0 Å². The summed E-state index contributed by atoms with van der Waals surface area (Å²) in [4.78, 5) is 1.93. The second-order valence-corrected chi connectivity index (χ2v) is 19.0. The first kappa shape index (κ1) is 22.6. The zero-order valence-corrected chi connectivity index (χ0v) is 18.6. The van der Waals surface area contributed by atoms with Gasteiger partial charge in [-0.2, -0.15) is 0 Å². The predicted octanol–water partition coefficient (Wildman–Crippen LogP) is 5.29. The van der Waals surface area contributed by atoms with E-state index in [9.17, 15) is 4.57 Å². The molecular formula is C13H30GeO6P2. The van der Waals surface area contributed by atoms with Crippen LogP contribution in [-0.4, -0.2) is 39.7 Å². The molecule has 0 saturated heterocycles. The fourth-order valence-electron chi connectivity index (χ4n) is 1.41. The van der Waals surface area contributed by atoms with Gasteiger partial charge in [0.15, 0.2) is 0 Å². The Morgan fingerprint density at radius 3 is 1.73 bits per heavy atom. The van der Waals surface area contributed by atoms with Crippen LogP contribution in [0.4, 0.5) is 0 Å². The van der Waals surface area contributed by atoms with Gasteiger partial charge < -0.3 is 0 Å². The molecular weight excluding hydrogens is 387 g/mol. The van der Waals surface area contributed by atoms with Crippen LogP contribution in [0, 0.1) is 0 Å². The third-order valence-corrected chi connectivity index (χ3v) is 8.32. The molecule has 0 radical (unpaired) electrons. The van der Waals surface area contributed by atoms with Crippen LogP contribution in [0.3, 0.4) is 0 Å². The summed E-state index contributed by atoms with van der Waals surface area (Å²) in [5.74, 6) is 6.49. The van der Waals surface area contributed by atoms with E-state index in [0.717, 1.165) is 0 Å². The van der Waals surface area contributed by atoms with Gasteiger partial charge >= 0.3 is 138 Å². The Morgan fingerprint density at radius 1 is 0.955 bits per heavy atom. The van der Waals surface area contributed by atoms with Gasteiger partial charge in [-0.3, -0.25) is 0 Å². The fourth-order valence-corrected chi connectivity index (χ4v) is 8.88. The molecule has 0 rings (SSSR count). The number of hydrogen-bond donors (Lipinski definition) is 0. The number of rotatable bonds is 12. The van der Waals surface area contributed by atoms with Gasteiger partial charge in [0.05, 0.1) is 0 Å². The zero-order chi connectivity index (χ0) is 17.2. The summed E-state index contributed by atoms with van der Waals surface area (Å²) in [6.45, 7) is 8.70. The normalized spacial score (nSPS) is 13.7. The molecule has 0 aromatic heterocycles. The fraction of sp³-hybridized carbons (Fsp3) is 0.846. The predicted molar refractivity (Wildman–Crippen MR) is 93.5 cm³/mol. The molecule has 0 aromatic rings. The van der Waals surface area contributed by atoms with Crippen molar-refractivity contribution in [3.8, 4) is 0 Å². The summed E-state index contributed by atoms with van der Waals surface area (Å²) in [5.41, 5.74) is 0.233. The van der Waals surface area contributed by atoms with E-state index in [-0.39, 0.29) is 18.7 Å². The molecule has 0 aliphatic rings. The molecule has 0 spiro atoms. The van der Waals surface area contributed by atoms with Crippen LogP contribution in [0.5, 0.6) is 0 Å². The number of hydrogen-bond acceptors (Lipinski definition) is 6. The Hall–Kier alpha value is 0.583. The Morgan fingerprint density at radius 2 is 1.41 bits per heavy atom. The summed E-state index contributed by atoms with van der Waals surface area (Å²) in [7, 11) is -5.09. The third-order valence-electron chi connectivity index (χ3n) is 2.06. The van der Waals surface area contributed by atoms with Crippen molar-refractivity contribution in [1.29, 1.82) is 0 Å². The van der Waals surface area contributed by atoms with Crippen molar-refractivity contribution >= 4 is 29.5 Å². The molecule has 0 aliphatic carbocycles. The van der Waals surface area contributed by atoms with E-state index in [0.29, 0.717) is 13.2 Å². The van der Waals surface area contributed by atoms with Gasteiger partial charge in [0, 0.05) is 0 Å². The van der Waals surface area contributed by atoms with Crippen LogP contribution in [0.25, 0.3) is 0 Å². The molecule has 6 nitrogen and oxygen atoms in total. The summed E-state index contributed by atoms with van der Waals surface area (Å²) in [5, 5.41) is 0. The molecule has 0 heterocycles. The van der Waals surface area contributed by atoms with Crippen molar-refractivity contribution in [2.45, 2.75) is 45.0 Å². The molecule has 0 N–H and O–H groups in total. The Kier molecular flexibility index (Phi) is 11.5. The van der Waals surface area contributed by atoms with Crippen molar-refractivity contribution in [3.63, 3.8) is 0 Å². The quantitative estimate of drug-likeness (QED) is 0.245. The topological polar surface area (TPSA) is 63.2 Å². The minimum absolute atomic E-state index is 0.233. The van der Waals surface area contributed by atoms with Crippen LogP contribution in [0.1, 0.15) is 27.7 Å². The molecule has 0 aliphatic heterocycles. The van der Waals surface area contributed by atoms with Crippen molar-refractivity contribution < 1.29 is 27.2 Å². The van der Waals surface area contributed by atoms with Crippen molar-refractivity contribution in [3.05, 3.63) is 10.4 Å². The van der Waals surface area contributed by atoms with Crippen molar-refractivity contribution in [2.75, 3.05) is 26.4 Å². The standard InChI is InChI=1S/C13H30GeO6P2/c1-8-16-21(17-9-2)20-13(12-14(5,6)7)22(15,18-10-3)19-11-4/h12H,8-11H2,1-7H3/b13-12+. The van der Waals surface area contributed by atoms with Gasteiger partial charge in [0.1, 0.15) is 0 Å². The van der Waals surface area contributed by atoms with E-state index >= 15 is 0 Å². The Labute approximate surface area is 138 Å². The van der Waals surface area contributed by atoms with Gasteiger partial charge in [-0.25, -0.2) is 0 Å². The Bertz CT molecular complexity index is 367. The van der Waals surface area contributed by atoms with Gasteiger partial charge in [-0.15, -0.1) is 0 Å². The SMILES string of the molecule is CCOP(OCC)O/C(=[CH]\[Ge]([CH3])([CH3])[CH3])P(=O)(OCC)OCC. The van der Waals surface area contributed by atoms with Crippen molar-refractivity contribution in [1.82, 2.24) is 0 Å². The molecule has 9 heteroatoms. The van der Waals surface area contributed by atoms with E-state index in [4.69, 9.17) is 22.6 Å². The van der Waals surface area contributed by atoms with E-state index in [1.165, 1.54) is 0 Å². The summed E-state index contributed by atoms with van der Waals surface area (Å²) in [6, 6.07) is 0. The second-order valence-electron chi connectivity index (χ2n) is 5.33. The van der Waals surface area contributed by atoms with Gasteiger partial charge in [0.2, 0.25) is 0 Å². The molecule has 0 fully saturated rings. The van der Waals surface area contributed by atoms with Crippen LogP contribution in [0.15, 0.2) is 10.4 Å². The zero-order valence-electron chi connectivity index (χ0n) is 14.7. The van der Waals surface area contributed by atoms with E-state index < -0.39 is 29.5 Å². The first-order chi connectivity index (χ1) is 10.2. The molecule has 0 bridgehead atoms. The average Bonchev–Trinajstić information content (AvgIpc) is 2.37. The molecule has 0 aromatic carbocycles. The van der Waals surface area contributed by atoms with E-state index in [1.807, 2.05) is 18.8 Å². The Balaban J connectivity index is 5.52. The van der Waals surface area contributed by atoms with Gasteiger partial charge in [-0.1, -0.05) is 0 Å². The molecule has 0 amide bonds.